The van der Waals surface area contributed by atoms with Crippen molar-refractivity contribution < 1.29 is 14.3 Å². The zero-order valence-electron chi connectivity index (χ0n) is 14.4. The lowest BCUT2D eigenvalue weighted by Crippen LogP contribution is -2.50. The molecule has 5 heteroatoms. The van der Waals surface area contributed by atoms with E-state index in [1.165, 1.54) is 0 Å². The quantitative estimate of drug-likeness (QED) is 0.808. The summed E-state index contributed by atoms with van der Waals surface area (Å²) in [5, 5.41) is 6.38. The van der Waals surface area contributed by atoms with E-state index in [-0.39, 0.29) is 12.0 Å². The van der Waals surface area contributed by atoms with Crippen LogP contribution in [0.4, 0.5) is 0 Å². The van der Waals surface area contributed by atoms with Crippen LogP contribution in [0.3, 0.4) is 0 Å². The number of methoxy groups -OCH3 is 1. The van der Waals surface area contributed by atoms with Crippen LogP contribution in [0.5, 0.6) is 5.75 Å². The Bertz CT molecular complexity index is 505. The van der Waals surface area contributed by atoms with Gasteiger partial charge in [0.15, 0.2) is 0 Å². The third kappa shape index (κ3) is 4.69. The fourth-order valence-corrected chi connectivity index (χ4v) is 3.00. The van der Waals surface area contributed by atoms with Gasteiger partial charge in [-0.15, -0.1) is 0 Å². The second kappa shape index (κ2) is 8.31. The lowest BCUT2D eigenvalue weighted by molar-refractivity contribution is -0.136. The summed E-state index contributed by atoms with van der Waals surface area (Å²) in [6.07, 6.45) is 1.71. The van der Waals surface area contributed by atoms with E-state index in [9.17, 15) is 4.79 Å². The van der Waals surface area contributed by atoms with Gasteiger partial charge in [-0.3, -0.25) is 4.79 Å². The summed E-state index contributed by atoms with van der Waals surface area (Å²) in [4.78, 5) is 12.8. The van der Waals surface area contributed by atoms with Gasteiger partial charge in [-0.05, 0) is 45.8 Å². The lowest BCUT2D eigenvalue weighted by atomic mass is 9.78. The molecule has 1 heterocycles. The molecule has 1 aliphatic heterocycles. The van der Waals surface area contributed by atoms with Crippen LogP contribution in [0, 0.1) is 5.41 Å². The molecule has 1 amide bonds. The van der Waals surface area contributed by atoms with Crippen molar-refractivity contribution in [1.82, 2.24) is 10.6 Å². The van der Waals surface area contributed by atoms with Crippen molar-refractivity contribution in [2.45, 2.75) is 39.3 Å². The molecule has 0 bridgehead atoms. The lowest BCUT2D eigenvalue weighted by Gasteiger charge is -2.35. The molecule has 1 aromatic carbocycles. The SMILES string of the molecule is COCC1(C(=O)NCc2ccccc2OC(C)C)CCNCC1. The van der Waals surface area contributed by atoms with E-state index in [1.807, 2.05) is 38.1 Å². The van der Waals surface area contributed by atoms with Gasteiger partial charge in [-0.1, -0.05) is 18.2 Å². The average molecular weight is 320 g/mol. The van der Waals surface area contributed by atoms with Crippen molar-refractivity contribution in [2.75, 3.05) is 26.8 Å². The van der Waals surface area contributed by atoms with Crippen molar-refractivity contribution in [3.8, 4) is 5.75 Å². The first-order valence-electron chi connectivity index (χ1n) is 8.30. The molecule has 2 N–H and O–H groups in total. The minimum Gasteiger partial charge on any atom is -0.491 e. The largest absolute Gasteiger partial charge is 0.491 e. The highest BCUT2D eigenvalue weighted by Crippen LogP contribution is 2.30. The Morgan fingerprint density at radius 3 is 2.65 bits per heavy atom. The van der Waals surface area contributed by atoms with Crippen LogP contribution in [0.2, 0.25) is 0 Å². The molecule has 0 spiro atoms. The van der Waals surface area contributed by atoms with Crippen LogP contribution in [0.15, 0.2) is 24.3 Å². The van der Waals surface area contributed by atoms with Gasteiger partial charge < -0.3 is 20.1 Å². The molecule has 1 aliphatic rings. The normalized spacial score (nSPS) is 17.0. The van der Waals surface area contributed by atoms with Crippen molar-refractivity contribution in [1.29, 1.82) is 0 Å². The Balaban J connectivity index is 2.03. The van der Waals surface area contributed by atoms with Gasteiger partial charge >= 0.3 is 0 Å². The molecule has 0 aliphatic carbocycles. The van der Waals surface area contributed by atoms with Crippen LogP contribution in [0.1, 0.15) is 32.3 Å². The van der Waals surface area contributed by atoms with E-state index >= 15 is 0 Å². The van der Waals surface area contributed by atoms with Crippen LogP contribution in [0.25, 0.3) is 0 Å². The van der Waals surface area contributed by atoms with E-state index in [4.69, 9.17) is 9.47 Å². The van der Waals surface area contributed by atoms with E-state index in [2.05, 4.69) is 10.6 Å². The van der Waals surface area contributed by atoms with Gasteiger partial charge in [-0.25, -0.2) is 0 Å². The summed E-state index contributed by atoms with van der Waals surface area (Å²) in [6.45, 7) is 6.63. The summed E-state index contributed by atoms with van der Waals surface area (Å²) in [7, 11) is 1.66. The standard InChI is InChI=1S/C18H28N2O3/c1-14(2)23-16-7-5-4-6-15(16)12-20-17(21)18(13-22-3)8-10-19-11-9-18/h4-7,14,19H,8-13H2,1-3H3,(H,20,21). The molecule has 0 saturated carbocycles. The fourth-order valence-electron chi connectivity index (χ4n) is 3.00. The van der Waals surface area contributed by atoms with Crippen molar-refractivity contribution in [2.24, 2.45) is 5.41 Å². The van der Waals surface area contributed by atoms with Crippen molar-refractivity contribution in [3.05, 3.63) is 29.8 Å². The molecular formula is C18H28N2O3. The number of carbonyl (C=O) groups excluding carboxylic acids is 1. The topological polar surface area (TPSA) is 59.6 Å². The zero-order valence-corrected chi connectivity index (χ0v) is 14.4. The molecule has 0 radical (unpaired) electrons. The molecular weight excluding hydrogens is 292 g/mol. The number of rotatable bonds is 7. The molecule has 5 nitrogen and oxygen atoms in total. The highest BCUT2D eigenvalue weighted by atomic mass is 16.5. The number of hydrogen-bond donors (Lipinski definition) is 2. The highest BCUT2D eigenvalue weighted by Gasteiger charge is 2.39. The minimum atomic E-state index is -0.423. The molecule has 23 heavy (non-hydrogen) atoms. The molecule has 2 rings (SSSR count). The van der Waals surface area contributed by atoms with Crippen LogP contribution in [-0.4, -0.2) is 38.8 Å². The number of ether oxygens (including phenoxy) is 2. The van der Waals surface area contributed by atoms with E-state index in [1.54, 1.807) is 7.11 Å². The Morgan fingerprint density at radius 1 is 1.30 bits per heavy atom. The molecule has 1 saturated heterocycles. The smallest absolute Gasteiger partial charge is 0.228 e. The number of piperidine rings is 1. The van der Waals surface area contributed by atoms with Crippen molar-refractivity contribution >= 4 is 5.91 Å². The van der Waals surface area contributed by atoms with E-state index < -0.39 is 5.41 Å². The average Bonchev–Trinajstić information content (AvgIpc) is 2.54. The van der Waals surface area contributed by atoms with Crippen LogP contribution in [-0.2, 0) is 16.1 Å². The molecule has 0 atom stereocenters. The second-order valence-corrected chi connectivity index (χ2v) is 6.42. The Morgan fingerprint density at radius 2 is 2.00 bits per heavy atom. The third-order valence-corrected chi connectivity index (χ3v) is 4.24. The predicted octanol–water partition coefficient (Wildman–Crippen LogP) is 2.11. The minimum absolute atomic E-state index is 0.0696. The Labute approximate surface area is 138 Å². The zero-order chi connectivity index (χ0) is 16.7. The van der Waals surface area contributed by atoms with Gasteiger partial charge in [0, 0.05) is 19.2 Å². The summed E-state index contributed by atoms with van der Waals surface area (Å²) in [6, 6.07) is 7.84. The van der Waals surface area contributed by atoms with Crippen LogP contribution >= 0.6 is 0 Å². The number of para-hydroxylation sites is 1. The summed E-state index contributed by atoms with van der Waals surface area (Å²) in [5.41, 5.74) is 0.574. The second-order valence-electron chi connectivity index (χ2n) is 6.42. The molecule has 1 aromatic rings. The maximum Gasteiger partial charge on any atom is 0.228 e. The Hall–Kier alpha value is -1.59. The number of carbonyl (C=O) groups is 1. The van der Waals surface area contributed by atoms with Gasteiger partial charge in [0.05, 0.1) is 18.1 Å². The number of benzene rings is 1. The number of nitrogens with one attached hydrogen (secondary N) is 2. The highest BCUT2D eigenvalue weighted by molar-refractivity contribution is 5.83. The van der Waals surface area contributed by atoms with Gasteiger partial charge in [0.1, 0.15) is 5.75 Å². The molecule has 128 valence electrons. The predicted molar refractivity (Wildman–Crippen MR) is 90.5 cm³/mol. The first-order chi connectivity index (χ1) is 11.1. The summed E-state index contributed by atoms with van der Waals surface area (Å²) >= 11 is 0. The van der Waals surface area contributed by atoms with E-state index in [0.29, 0.717) is 13.2 Å². The third-order valence-electron chi connectivity index (χ3n) is 4.24. The van der Waals surface area contributed by atoms with E-state index in [0.717, 1.165) is 37.2 Å². The first kappa shape index (κ1) is 17.8. The maximum atomic E-state index is 12.8. The summed E-state index contributed by atoms with van der Waals surface area (Å²) in [5.74, 6) is 0.897. The Kier molecular flexibility index (Phi) is 6.42. The molecule has 0 unspecified atom stereocenters. The van der Waals surface area contributed by atoms with Crippen LogP contribution < -0.4 is 15.4 Å². The number of hydrogen-bond acceptors (Lipinski definition) is 4. The first-order valence-corrected chi connectivity index (χ1v) is 8.30. The molecule has 1 fully saturated rings. The fraction of sp³-hybridized carbons (Fsp3) is 0.611. The maximum absolute atomic E-state index is 12.8. The molecule has 0 aromatic heterocycles. The van der Waals surface area contributed by atoms with Crippen molar-refractivity contribution in [3.63, 3.8) is 0 Å². The number of amides is 1. The van der Waals surface area contributed by atoms with Gasteiger partial charge in [-0.2, -0.15) is 0 Å². The van der Waals surface area contributed by atoms with Gasteiger partial charge in [0.2, 0.25) is 5.91 Å². The van der Waals surface area contributed by atoms with Gasteiger partial charge in [0.25, 0.3) is 0 Å². The summed E-state index contributed by atoms with van der Waals surface area (Å²) < 4.78 is 11.1. The monoisotopic (exact) mass is 320 g/mol.